The van der Waals surface area contributed by atoms with E-state index in [1.54, 1.807) is 6.07 Å². The lowest BCUT2D eigenvalue weighted by Gasteiger charge is -2.16. The van der Waals surface area contributed by atoms with Gasteiger partial charge in [0.2, 0.25) is 0 Å². The summed E-state index contributed by atoms with van der Waals surface area (Å²) in [7, 11) is 1.41. The van der Waals surface area contributed by atoms with Gasteiger partial charge in [-0.25, -0.2) is 13.8 Å². The minimum Gasteiger partial charge on any atom is -0.494 e. The van der Waals surface area contributed by atoms with Gasteiger partial charge >= 0.3 is 0 Å². The zero-order valence-corrected chi connectivity index (χ0v) is 14.7. The lowest BCUT2D eigenvalue weighted by Crippen LogP contribution is -2.15. The summed E-state index contributed by atoms with van der Waals surface area (Å²) in [5.41, 5.74) is 1.07. The van der Waals surface area contributed by atoms with Crippen LogP contribution in [0.4, 0.5) is 8.78 Å². The molecular formula is C20H18F2N2O3. The molecule has 5 nitrogen and oxygen atoms in total. The Morgan fingerprint density at radius 2 is 2.15 bits per heavy atom. The molecule has 0 aliphatic carbocycles. The third-order valence-corrected chi connectivity index (χ3v) is 4.25. The highest BCUT2D eigenvalue weighted by Gasteiger charge is 2.17. The molecule has 3 rings (SSSR count). The van der Waals surface area contributed by atoms with Crippen LogP contribution in [-0.2, 0) is 4.74 Å². The van der Waals surface area contributed by atoms with E-state index in [4.69, 9.17) is 9.47 Å². The SMILES string of the molecule is COc1cnc(C(F)F)cc1-c1cc(C#CC2CCCOC2)ncc1C=O. The Bertz CT molecular complexity index is 885. The van der Waals surface area contributed by atoms with Gasteiger partial charge in [0.05, 0.1) is 19.9 Å². The van der Waals surface area contributed by atoms with Crippen LogP contribution in [0.2, 0.25) is 0 Å². The van der Waals surface area contributed by atoms with E-state index in [1.165, 1.54) is 25.6 Å². The van der Waals surface area contributed by atoms with Crippen LogP contribution in [0.25, 0.3) is 11.1 Å². The van der Waals surface area contributed by atoms with Crippen LogP contribution in [0.5, 0.6) is 5.75 Å². The minimum atomic E-state index is -2.73. The van der Waals surface area contributed by atoms with Gasteiger partial charge in [0.25, 0.3) is 6.43 Å². The van der Waals surface area contributed by atoms with Gasteiger partial charge in [-0.1, -0.05) is 5.92 Å². The van der Waals surface area contributed by atoms with Gasteiger partial charge < -0.3 is 9.47 Å². The van der Waals surface area contributed by atoms with Gasteiger partial charge in [-0.15, -0.1) is 0 Å². The summed E-state index contributed by atoms with van der Waals surface area (Å²) in [5.74, 6) is 6.53. The number of aldehydes is 1. The normalized spacial score (nSPS) is 16.5. The van der Waals surface area contributed by atoms with E-state index in [9.17, 15) is 13.6 Å². The summed E-state index contributed by atoms with van der Waals surface area (Å²) in [5, 5.41) is 0. The highest BCUT2D eigenvalue weighted by molar-refractivity contribution is 5.89. The van der Waals surface area contributed by atoms with Crippen molar-refractivity contribution in [3.63, 3.8) is 0 Å². The fraction of sp³-hybridized carbons (Fsp3) is 0.350. The van der Waals surface area contributed by atoms with Crippen LogP contribution in [0.3, 0.4) is 0 Å². The molecule has 0 radical (unpaired) electrons. The van der Waals surface area contributed by atoms with E-state index in [-0.39, 0.29) is 17.2 Å². The number of hydrogen-bond donors (Lipinski definition) is 0. The topological polar surface area (TPSA) is 61.3 Å². The van der Waals surface area contributed by atoms with Crippen molar-refractivity contribution in [1.82, 2.24) is 9.97 Å². The Balaban J connectivity index is 2.03. The Morgan fingerprint density at radius 1 is 1.30 bits per heavy atom. The summed E-state index contributed by atoms with van der Waals surface area (Å²) in [6.45, 7) is 1.34. The predicted octanol–water partition coefficient (Wildman–Crippen LogP) is 3.68. The number of carbonyl (C=O) groups is 1. The fourth-order valence-electron chi connectivity index (χ4n) is 2.84. The van der Waals surface area contributed by atoms with Crippen molar-refractivity contribution >= 4 is 6.29 Å². The monoisotopic (exact) mass is 372 g/mol. The lowest BCUT2D eigenvalue weighted by atomic mass is 9.99. The standard InChI is InChI=1S/C20H18F2N2O3/c1-26-19-10-24-18(20(21)22)8-17(19)16-7-15(23-9-14(16)11-25)5-4-13-3-2-6-27-12-13/h7-11,13,20H,2-3,6,12H2,1H3. The lowest BCUT2D eigenvalue weighted by molar-refractivity contribution is 0.0740. The Kier molecular flexibility index (Phi) is 6.09. The molecular weight excluding hydrogens is 354 g/mol. The molecule has 1 aliphatic heterocycles. The molecule has 0 saturated carbocycles. The number of ether oxygens (including phenoxy) is 2. The van der Waals surface area contributed by atoms with Crippen LogP contribution in [0, 0.1) is 17.8 Å². The third-order valence-electron chi connectivity index (χ3n) is 4.25. The number of methoxy groups -OCH3 is 1. The summed E-state index contributed by atoms with van der Waals surface area (Å²) in [6, 6.07) is 2.82. The molecule has 0 bridgehead atoms. The van der Waals surface area contributed by atoms with Gasteiger partial charge in [0, 0.05) is 35.4 Å². The van der Waals surface area contributed by atoms with Crippen molar-refractivity contribution in [3.8, 4) is 28.7 Å². The highest BCUT2D eigenvalue weighted by atomic mass is 19.3. The Labute approximate surface area is 155 Å². The molecule has 3 heterocycles. The first-order chi connectivity index (χ1) is 13.1. The zero-order valence-electron chi connectivity index (χ0n) is 14.7. The molecule has 27 heavy (non-hydrogen) atoms. The largest absolute Gasteiger partial charge is 0.494 e. The van der Waals surface area contributed by atoms with Crippen LogP contribution in [-0.4, -0.2) is 36.6 Å². The van der Waals surface area contributed by atoms with E-state index in [0.29, 0.717) is 29.7 Å². The van der Waals surface area contributed by atoms with Crippen molar-refractivity contribution in [1.29, 1.82) is 0 Å². The number of hydrogen-bond acceptors (Lipinski definition) is 5. The zero-order chi connectivity index (χ0) is 19.2. The molecule has 0 N–H and O–H groups in total. The summed E-state index contributed by atoms with van der Waals surface area (Å²) in [6.07, 6.45) is 2.41. The first-order valence-corrected chi connectivity index (χ1v) is 8.49. The van der Waals surface area contributed by atoms with Gasteiger partial charge in [0.15, 0.2) is 6.29 Å². The summed E-state index contributed by atoms with van der Waals surface area (Å²) < 4.78 is 36.8. The number of rotatable bonds is 4. The fourth-order valence-corrected chi connectivity index (χ4v) is 2.84. The van der Waals surface area contributed by atoms with Gasteiger partial charge in [-0.3, -0.25) is 9.78 Å². The van der Waals surface area contributed by atoms with Crippen LogP contribution < -0.4 is 4.74 Å². The molecule has 1 unspecified atom stereocenters. The highest BCUT2D eigenvalue weighted by Crippen LogP contribution is 2.34. The van der Waals surface area contributed by atoms with Crippen molar-refractivity contribution in [3.05, 3.63) is 41.5 Å². The molecule has 1 atom stereocenters. The maximum absolute atomic E-state index is 13.1. The number of halogens is 2. The summed E-state index contributed by atoms with van der Waals surface area (Å²) >= 11 is 0. The quantitative estimate of drug-likeness (QED) is 0.605. The number of pyridine rings is 2. The second kappa shape index (κ2) is 8.69. The van der Waals surface area contributed by atoms with Crippen molar-refractivity contribution in [2.75, 3.05) is 20.3 Å². The van der Waals surface area contributed by atoms with Crippen LogP contribution in [0.1, 0.15) is 41.0 Å². The van der Waals surface area contributed by atoms with E-state index >= 15 is 0 Å². The summed E-state index contributed by atoms with van der Waals surface area (Å²) in [4.78, 5) is 19.3. The molecule has 2 aromatic heterocycles. The van der Waals surface area contributed by atoms with Gasteiger partial charge in [-0.05, 0) is 30.9 Å². The smallest absolute Gasteiger partial charge is 0.280 e. The van der Waals surface area contributed by atoms with E-state index < -0.39 is 12.1 Å². The van der Waals surface area contributed by atoms with Crippen molar-refractivity contribution in [2.45, 2.75) is 19.3 Å². The predicted molar refractivity (Wildman–Crippen MR) is 94.8 cm³/mol. The maximum Gasteiger partial charge on any atom is 0.280 e. The second-order valence-corrected chi connectivity index (χ2v) is 6.07. The number of alkyl halides is 2. The molecule has 2 aromatic rings. The Hall–Kier alpha value is -2.85. The van der Waals surface area contributed by atoms with E-state index in [1.807, 2.05) is 0 Å². The first-order valence-electron chi connectivity index (χ1n) is 8.49. The van der Waals surface area contributed by atoms with Gasteiger partial charge in [-0.2, -0.15) is 0 Å². The number of nitrogens with zero attached hydrogens (tertiary/aromatic N) is 2. The Morgan fingerprint density at radius 3 is 2.81 bits per heavy atom. The molecule has 0 aromatic carbocycles. The van der Waals surface area contributed by atoms with Gasteiger partial charge in [0.1, 0.15) is 17.1 Å². The molecule has 1 fully saturated rings. The van der Waals surface area contributed by atoms with Crippen LogP contribution >= 0.6 is 0 Å². The number of carbonyl (C=O) groups excluding carboxylic acids is 1. The van der Waals surface area contributed by atoms with Crippen molar-refractivity contribution in [2.24, 2.45) is 5.92 Å². The molecule has 1 saturated heterocycles. The first kappa shape index (κ1) is 18.9. The number of aromatic nitrogens is 2. The van der Waals surface area contributed by atoms with Crippen molar-refractivity contribution < 1.29 is 23.0 Å². The minimum absolute atomic E-state index is 0.135. The maximum atomic E-state index is 13.1. The molecule has 7 heteroatoms. The molecule has 1 aliphatic rings. The van der Waals surface area contributed by atoms with E-state index in [0.717, 1.165) is 19.4 Å². The molecule has 0 spiro atoms. The average molecular weight is 372 g/mol. The average Bonchev–Trinajstić information content (AvgIpc) is 2.72. The molecule has 140 valence electrons. The van der Waals surface area contributed by atoms with Crippen LogP contribution in [0.15, 0.2) is 24.5 Å². The second-order valence-electron chi connectivity index (χ2n) is 6.07. The molecule has 0 amide bonds. The van der Waals surface area contributed by atoms with E-state index in [2.05, 4.69) is 21.8 Å². The third kappa shape index (κ3) is 4.47.